The van der Waals surface area contributed by atoms with Gasteiger partial charge in [0.25, 0.3) is 0 Å². The van der Waals surface area contributed by atoms with Crippen LogP contribution in [0.5, 0.6) is 0 Å². The molecule has 1 saturated heterocycles. The van der Waals surface area contributed by atoms with E-state index in [9.17, 15) is 30.3 Å². The summed E-state index contributed by atoms with van der Waals surface area (Å²) in [6.45, 7) is 3.64. The van der Waals surface area contributed by atoms with Crippen LogP contribution in [0, 0.1) is 0 Å². The van der Waals surface area contributed by atoms with E-state index < -0.39 is 49.5 Å². The molecule has 1 heterocycles. The van der Waals surface area contributed by atoms with E-state index in [1.54, 1.807) is 6.08 Å². The lowest BCUT2D eigenvalue weighted by Gasteiger charge is -2.40. The average Bonchev–Trinajstić information content (AvgIpc) is 3.42. The fourth-order valence-corrected chi connectivity index (χ4v) is 8.71. The highest BCUT2D eigenvalue weighted by molar-refractivity contribution is 5.76. The van der Waals surface area contributed by atoms with Gasteiger partial charge in [-0.1, -0.05) is 257 Å². The van der Waals surface area contributed by atoms with Crippen molar-refractivity contribution < 1.29 is 39.8 Å². The second-order valence-electron chi connectivity index (χ2n) is 20.4. The van der Waals surface area contributed by atoms with Gasteiger partial charge in [0.15, 0.2) is 6.29 Å². The van der Waals surface area contributed by atoms with E-state index in [0.717, 1.165) is 116 Å². The third kappa shape index (κ3) is 43.3. The Morgan fingerprint density at radius 3 is 1.21 bits per heavy atom. The molecule has 6 N–H and O–H groups in total. The lowest BCUT2D eigenvalue weighted by Crippen LogP contribution is -2.60. The smallest absolute Gasteiger partial charge is 0.220 e. The molecule has 0 saturated carbocycles. The van der Waals surface area contributed by atoms with Crippen molar-refractivity contribution in [2.75, 3.05) is 13.2 Å². The molecule has 0 aromatic carbocycles. The van der Waals surface area contributed by atoms with Crippen molar-refractivity contribution in [1.29, 1.82) is 0 Å². The average molecular weight is 1060 g/mol. The van der Waals surface area contributed by atoms with Gasteiger partial charge in [0.05, 0.1) is 25.4 Å². The Hall–Kier alpha value is -3.67. The van der Waals surface area contributed by atoms with Crippen molar-refractivity contribution in [2.45, 2.75) is 269 Å². The maximum atomic E-state index is 13.1. The highest BCUT2D eigenvalue weighted by atomic mass is 16.7. The summed E-state index contributed by atoms with van der Waals surface area (Å²) in [6, 6.07) is -0.818. The molecule has 0 spiro atoms. The minimum Gasteiger partial charge on any atom is -0.394 e. The molecule has 0 bridgehead atoms. The van der Waals surface area contributed by atoms with Crippen LogP contribution >= 0.6 is 0 Å². The quantitative estimate of drug-likeness (QED) is 0.0261. The Morgan fingerprint density at radius 1 is 0.461 bits per heavy atom. The number of nitrogens with one attached hydrogen (secondary N) is 1. The monoisotopic (exact) mass is 1060 g/mol. The maximum absolute atomic E-state index is 13.1. The van der Waals surface area contributed by atoms with Crippen LogP contribution in [0.3, 0.4) is 0 Å². The summed E-state index contributed by atoms with van der Waals surface area (Å²) in [7, 11) is 0. The van der Waals surface area contributed by atoms with Gasteiger partial charge >= 0.3 is 0 Å². The van der Waals surface area contributed by atoms with E-state index in [1.807, 2.05) is 6.08 Å². The molecule has 9 nitrogen and oxygen atoms in total. The molecular weight excluding hydrogens is 947 g/mol. The zero-order valence-electron chi connectivity index (χ0n) is 48.0. The van der Waals surface area contributed by atoms with Crippen molar-refractivity contribution in [3.05, 3.63) is 134 Å². The summed E-state index contributed by atoms with van der Waals surface area (Å²) in [4.78, 5) is 13.1. The van der Waals surface area contributed by atoms with Gasteiger partial charge in [0.2, 0.25) is 5.91 Å². The summed E-state index contributed by atoms with van der Waals surface area (Å²) in [5.41, 5.74) is 0. The Morgan fingerprint density at radius 2 is 0.816 bits per heavy atom. The predicted molar refractivity (Wildman–Crippen MR) is 322 cm³/mol. The molecule has 76 heavy (non-hydrogen) atoms. The summed E-state index contributed by atoms with van der Waals surface area (Å²) in [5, 5.41) is 54.5. The Labute approximate surface area is 464 Å². The van der Waals surface area contributed by atoms with E-state index in [0.29, 0.717) is 6.42 Å². The van der Waals surface area contributed by atoms with Crippen LogP contribution in [0.25, 0.3) is 0 Å². The van der Waals surface area contributed by atoms with E-state index >= 15 is 0 Å². The summed E-state index contributed by atoms with van der Waals surface area (Å²) in [6.07, 6.45) is 76.6. The Bertz CT molecular complexity index is 1650. The van der Waals surface area contributed by atoms with Crippen molar-refractivity contribution in [3.8, 4) is 0 Å². The number of hydrogen-bond donors (Lipinski definition) is 6. The lowest BCUT2D eigenvalue weighted by atomic mass is 9.99. The molecule has 9 heteroatoms. The molecule has 0 radical (unpaired) electrons. The molecular formula is C67H111NO8. The number of carbonyl (C=O) groups excluding carboxylic acids is 1. The molecule has 1 fully saturated rings. The van der Waals surface area contributed by atoms with Gasteiger partial charge in [0.1, 0.15) is 24.4 Å². The normalized spacial score (nSPS) is 19.8. The number of aliphatic hydroxyl groups excluding tert-OH is 5. The number of carbonyl (C=O) groups is 1. The number of hydrogen-bond acceptors (Lipinski definition) is 8. The molecule has 432 valence electrons. The SMILES string of the molecule is CC/C=C\C/C=C\C/C=C\C/C=C\C/C=C\C/C=C\C/C=C\C/C=C\C/C=C\C/C=C\CCCCCCCCCCC(=O)NC(COC1OC(CO)C(O)C(O)C1O)C(O)/C=C/CCCCCCCCCCCCCC. The first-order chi connectivity index (χ1) is 37.3. The minimum absolute atomic E-state index is 0.191. The molecule has 0 aliphatic carbocycles. The van der Waals surface area contributed by atoms with Crippen LogP contribution in [0.2, 0.25) is 0 Å². The van der Waals surface area contributed by atoms with Gasteiger partial charge in [-0.2, -0.15) is 0 Å². The Balaban J connectivity index is 2.17. The number of unbranched alkanes of at least 4 members (excludes halogenated alkanes) is 20. The molecule has 0 aromatic rings. The largest absolute Gasteiger partial charge is 0.394 e. The van der Waals surface area contributed by atoms with E-state index in [-0.39, 0.29) is 12.5 Å². The summed E-state index contributed by atoms with van der Waals surface area (Å²) < 4.78 is 11.3. The van der Waals surface area contributed by atoms with Crippen molar-refractivity contribution in [3.63, 3.8) is 0 Å². The topological polar surface area (TPSA) is 149 Å². The van der Waals surface area contributed by atoms with Crippen molar-refractivity contribution in [2.24, 2.45) is 0 Å². The van der Waals surface area contributed by atoms with Crippen molar-refractivity contribution >= 4 is 5.91 Å². The zero-order valence-corrected chi connectivity index (χ0v) is 48.0. The zero-order chi connectivity index (χ0) is 55.0. The molecule has 1 aliphatic rings. The van der Waals surface area contributed by atoms with Gasteiger partial charge < -0.3 is 40.3 Å². The first-order valence-electron chi connectivity index (χ1n) is 30.4. The summed E-state index contributed by atoms with van der Waals surface area (Å²) >= 11 is 0. The van der Waals surface area contributed by atoms with Gasteiger partial charge in [-0.25, -0.2) is 0 Å². The van der Waals surface area contributed by atoms with Gasteiger partial charge in [-0.05, 0) is 96.3 Å². The first-order valence-corrected chi connectivity index (χ1v) is 30.4. The van der Waals surface area contributed by atoms with Gasteiger partial charge in [-0.3, -0.25) is 4.79 Å². The Kier molecular flexibility index (Phi) is 50.6. The van der Waals surface area contributed by atoms with E-state index in [2.05, 4.69) is 141 Å². The van der Waals surface area contributed by atoms with Crippen LogP contribution in [0.4, 0.5) is 0 Å². The highest BCUT2D eigenvalue weighted by Crippen LogP contribution is 2.23. The lowest BCUT2D eigenvalue weighted by molar-refractivity contribution is -0.302. The van der Waals surface area contributed by atoms with Crippen LogP contribution < -0.4 is 5.32 Å². The van der Waals surface area contributed by atoms with E-state index in [4.69, 9.17) is 9.47 Å². The van der Waals surface area contributed by atoms with E-state index in [1.165, 1.54) is 89.9 Å². The maximum Gasteiger partial charge on any atom is 0.220 e. The van der Waals surface area contributed by atoms with Crippen LogP contribution in [-0.2, 0) is 14.3 Å². The number of aliphatic hydroxyl groups is 5. The number of ether oxygens (including phenoxy) is 2. The molecule has 1 rings (SSSR count). The second kappa shape index (κ2) is 54.7. The fourth-order valence-electron chi connectivity index (χ4n) is 8.71. The number of allylic oxidation sites excluding steroid dienone is 21. The van der Waals surface area contributed by atoms with Gasteiger partial charge in [0, 0.05) is 6.42 Å². The van der Waals surface area contributed by atoms with Crippen molar-refractivity contribution in [1.82, 2.24) is 5.32 Å². The van der Waals surface area contributed by atoms with Crippen LogP contribution in [-0.4, -0.2) is 87.5 Å². The highest BCUT2D eigenvalue weighted by Gasteiger charge is 2.44. The summed E-state index contributed by atoms with van der Waals surface area (Å²) in [5.74, 6) is -0.191. The third-order valence-corrected chi connectivity index (χ3v) is 13.5. The molecule has 0 aromatic heterocycles. The molecule has 1 amide bonds. The third-order valence-electron chi connectivity index (χ3n) is 13.5. The number of amides is 1. The second-order valence-corrected chi connectivity index (χ2v) is 20.4. The fraction of sp³-hybridized carbons (Fsp3) is 0.657. The van der Waals surface area contributed by atoms with Crippen LogP contribution in [0.1, 0.15) is 226 Å². The van der Waals surface area contributed by atoms with Gasteiger partial charge in [-0.15, -0.1) is 0 Å². The molecule has 1 aliphatic heterocycles. The number of rotatable bonds is 50. The minimum atomic E-state index is -1.57. The first kappa shape index (κ1) is 70.3. The van der Waals surface area contributed by atoms with Crippen LogP contribution in [0.15, 0.2) is 134 Å². The molecule has 7 atom stereocenters. The molecule has 7 unspecified atom stereocenters. The standard InChI is InChI=1S/C67H111NO8/c1-3-5-7-9-11-13-15-17-19-20-21-22-23-24-25-26-27-28-29-30-31-32-33-34-35-36-37-38-39-40-41-42-43-45-47-49-51-53-55-57-63(71)68-60(59-75-67-66(74)65(73)64(72)62(58-69)76-67)61(70)56-54-52-50-48-46-44-18-16-14-12-10-8-6-4-2/h5,7,11,13,17,19,21-22,24-25,27-28,30-31,33-34,36-37,39-40,54,56,60-62,64-67,69-70,72-74H,3-4,6,8-10,12,14-16,18,20,23,26,29,32,35,38,41-53,55,57-59H2,1-2H3,(H,68,71)/b7-5-,13-11-,19-17-,22-21-,25-24-,28-27-,31-30-,34-33-,37-36-,40-39-,56-54+. The predicted octanol–water partition coefficient (Wildman–Crippen LogP) is 15.7.